The molecule has 0 bridgehead atoms. The average molecular weight is 421 g/mol. The van der Waals surface area contributed by atoms with E-state index in [0.717, 1.165) is 37.2 Å². The highest BCUT2D eigenvalue weighted by atomic mass is 16.5. The fourth-order valence-electron chi connectivity index (χ4n) is 5.50. The van der Waals surface area contributed by atoms with Gasteiger partial charge in [0.15, 0.2) is 0 Å². The first-order valence-corrected chi connectivity index (χ1v) is 11.1. The molecular formula is C26H32N2O3. The molecule has 0 spiro atoms. The summed E-state index contributed by atoms with van der Waals surface area (Å²) >= 11 is 0. The molecule has 1 heterocycles. The van der Waals surface area contributed by atoms with Crippen molar-refractivity contribution in [2.24, 2.45) is 0 Å². The van der Waals surface area contributed by atoms with Gasteiger partial charge in [0.05, 0.1) is 12.7 Å². The molecule has 1 aliphatic carbocycles. The number of hydrogen-bond acceptors (Lipinski definition) is 4. The van der Waals surface area contributed by atoms with Gasteiger partial charge in [-0.05, 0) is 62.1 Å². The van der Waals surface area contributed by atoms with Gasteiger partial charge in [0, 0.05) is 30.1 Å². The van der Waals surface area contributed by atoms with E-state index in [2.05, 4.69) is 28.9 Å². The van der Waals surface area contributed by atoms with E-state index in [4.69, 9.17) is 4.74 Å². The molecule has 0 radical (unpaired) electrons. The number of amides is 1. The number of carbonyl (C=O) groups excluding carboxylic acids is 1. The van der Waals surface area contributed by atoms with Gasteiger partial charge in [0.2, 0.25) is 0 Å². The van der Waals surface area contributed by atoms with Crippen LogP contribution in [0.1, 0.15) is 41.6 Å². The fraction of sp³-hybridized carbons (Fsp3) is 0.423. The zero-order chi connectivity index (χ0) is 21.9. The lowest BCUT2D eigenvalue weighted by molar-refractivity contribution is -0.123. The third kappa shape index (κ3) is 4.12. The summed E-state index contributed by atoms with van der Waals surface area (Å²) in [6.07, 6.45) is 4.81. The highest BCUT2D eigenvalue weighted by Crippen LogP contribution is 2.52. The van der Waals surface area contributed by atoms with E-state index >= 15 is 0 Å². The maximum absolute atomic E-state index is 12.8. The van der Waals surface area contributed by atoms with E-state index in [1.165, 1.54) is 0 Å². The Morgan fingerprint density at radius 3 is 2.81 bits per heavy atom. The van der Waals surface area contributed by atoms with Crippen LogP contribution >= 0.6 is 0 Å². The number of hydrogen-bond donors (Lipinski definition) is 2. The number of nitrogens with one attached hydrogen (secondary N) is 1. The Hall–Kier alpha value is -2.63. The van der Waals surface area contributed by atoms with Crippen molar-refractivity contribution < 1.29 is 14.6 Å². The molecule has 164 valence electrons. The number of rotatable bonds is 6. The van der Waals surface area contributed by atoms with Gasteiger partial charge in [-0.2, -0.15) is 0 Å². The van der Waals surface area contributed by atoms with Crippen LogP contribution in [0, 0.1) is 0 Å². The normalized spacial score (nSPS) is 28.4. The predicted octanol–water partition coefficient (Wildman–Crippen LogP) is 3.54. The van der Waals surface area contributed by atoms with Crippen molar-refractivity contribution in [1.29, 1.82) is 0 Å². The van der Waals surface area contributed by atoms with Gasteiger partial charge in [-0.15, -0.1) is 6.58 Å². The Morgan fingerprint density at radius 1 is 1.26 bits per heavy atom. The zero-order valence-electron chi connectivity index (χ0n) is 18.2. The number of nitrogens with zero attached hydrogens (tertiary/aromatic N) is 1. The van der Waals surface area contributed by atoms with Crippen molar-refractivity contribution in [3.05, 3.63) is 78.4 Å². The second kappa shape index (κ2) is 8.85. The van der Waals surface area contributed by atoms with Crippen LogP contribution in [0.15, 0.2) is 67.3 Å². The summed E-state index contributed by atoms with van der Waals surface area (Å²) in [6.45, 7) is 6.12. The molecule has 2 N–H and O–H groups in total. The molecule has 1 amide bonds. The predicted molar refractivity (Wildman–Crippen MR) is 122 cm³/mol. The molecule has 3 atom stereocenters. The summed E-state index contributed by atoms with van der Waals surface area (Å²) in [4.78, 5) is 15.1. The van der Waals surface area contributed by atoms with Crippen molar-refractivity contribution in [3.8, 4) is 5.75 Å². The Labute approximate surface area is 184 Å². The summed E-state index contributed by atoms with van der Waals surface area (Å²) < 4.78 is 5.49. The van der Waals surface area contributed by atoms with Crippen LogP contribution in [0.25, 0.3) is 0 Å². The van der Waals surface area contributed by atoms with Crippen molar-refractivity contribution in [1.82, 2.24) is 10.2 Å². The first-order chi connectivity index (χ1) is 15.0. The number of fused-ring (bicyclic) bond motifs is 1. The van der Waals surface area contributed by atoms with E-state index in [1.54, 1.807) is 7.11 Å². The maximum Gasteiger partial charge on any atom is 0.251 e. The third-order valence-electron chi connectivity index (χ3n) is 7.11. The molecule has 5 nitrogen and oxygen atoms in total. The minimum atomic E-state index is -0.866. The number of benzene rings is 2. The highest BCUT2D eigenvalue weighted by Gasteiger charge is 2.57. The van der Waals surface area contributed by atoms with E-state index in [9.17, 15) is 9.90 Å². The Morgan fingerprint density at radius 2 is 2.06 bits per heavy atom. The molecule has 1 aliphatic heterocycles. The van der Waals surface area contributed by atoms with Crippen LogP contribution in [-0.2, 0) is 5.41 Å². The van der Waals surface area contributed by atoms with Crippen molar-refractivity contribution in [3.63, 3.8) is 0 Å². The molecule has 2 fully saturated rings. The molecule has 2 aromatic carbocycles. The van der Waals surface area contributed by atoms with Crippen molar-refractivity contribution in [2.45, 2.75) is 42.7 Å². The monoisotopic (exact) mass is 420 g/mol. The SMILES string of the molecule is C=CCN1CC[C@@]2(c3cccc(OC)c3)C[C@@H](NC(=O)c3ccccc3)CC[C@]2(O)C1. The largest absolute Gasteiger partial charge is 0.497 e. The molecule has 1 saturated heterocycles. The first kappa shape index (κ1) is 21.6. The van der Waals surface area contributed by atoms with Gasteiger partial charge in [0.1, 0.15) is 5.75 Å². The van der Waals surface area contributed by atoms with Gasteiger partial charge in [-0.3, -0.25) is 9.69 Å². The van der Waals surface area contributed by atoms with Crippen LogP contribution in [0.5, 0.6) is 5.75 Å². The van der Waals surface area contributed by atoms with Crippen LogP contribution < -0.4 is 10.1 Å². The Kier molecular flexibility index (Phi) is 6.17. The average Bonchev–Trinajstić information content (AvgIpc) is 2.80. The number of piperidine rings is 1. The maximum atomic E-state index is 12.8. The first-order valence-electron chi connectivity index (χ1n) is 11.1. The van der Waals surface area contributed by atoms with E-state index in [1.807, 2.05) is 48.5 Å². The summed E-state index contributed by atoms with van der Waals surface area (Å²) in [6, 6.07) is 17.4. The van der Waals surface area contributed by atoms with Crippen LogP contribution in [-0.4, -0.2) is 54.3 Å². The Bertz CT molecular complexity index is 931. The summed E-state index contributed by atoms with van der Waals surface area (Å²) in [5.41, 5.74) is 0.451. The molecule has 4 rings (SSSR count). The number of carbonyl (C=O) groups is 1. The number of likely N-dealkylation sites (tertiary alicyclic amines) is 1. The van der Waals surface area contributed by atoms with E-state index < -0.39 is 11.0 Å². The molecular weight excluding hydrogens is 388 g/mol. The number of methoxy groups -OCH3 is 1. The smallest absolute Gasteiger partial charge is 0.251 e. The standard InChI is InChI=1S/C26H32N2O3/c1-3-15-28-16-14-25(21-10-7-11-23(17-21)31-2)18-22(12-13-26(25,30)19-28)27-24(29)20-8-5-4-6-9-20/h3-11,17,22,30H,1,12-16,18-19H2,2H3,(H,27,29)/t22-,25-,26-/m0/s1. The quantitative estimate of drug-likeness (QED) is 0.702. The molecule has 2 aliphatic rings. The summed E-state index contributed by atoms with van der Waals surface area (Å²) in [7, 11) is 1.67. The number of β-amino-alcohol motifs (C(OH)–C–C–N with tert-alkyl or cyclic N) is 1. The van der Waals surface area contributed by atoms with Crippen LogP contribution in [0.4, 0.5) is 0 Å². The van der Waals surface area contributed by atoms with Gasteiger partial charge < -0.3 is 15.2 Å². The molecule has 0 unspecified atom stereocenters. The van der Waals surface area contributed by atoms with Crippen molar-refractivity contribution >= 4 is 5.91 Å². The lowest BCUT2D eigenvalue weighted by atomic mass is 9.55. The highest BCUT2D eigenvalue weighted by molar-refractivity contribution is 5.94. The van der Waals surface area contributed by atoms with Gasteiger partial charge in [-0.1, -0.05) is 36.4 Å². The molecule has 31 heavy (non-hydrogen) atoms. The van der Waals surface area contributed by atoms with Crippen molar-refractivity contribution in [2.75, 3.05) is 26.7 Å². The van der Waals surface area contributed by atoms with Crippen LogP contribution in [0.3, 0.4) is 0 Å². The van der Waals surface area contributed by atoms with E-state index in [0.29, 0.717) is 24.9 Å². The minimum absolute atomic E-state index is 0.00476. The van der Waals surface area contributed by atoms with Gasteiger partial charge in [0.25, 0.3) is 5.91 Å². The molecule has 0 aromatic heterocycles. The minimum Gasteiger partial charge on any atom is -0.497 e. The van der Waals surface area contributed by atoms with Gasteiger partial charge >= 0.3 is 0 Å². The Balaban J connectivity index is 1.65. The van der Waals surface area contributed by atoms with Gasteiger partial charge in [-0.25, -0.2) is 0 Å². The fourth-order valence-corrected chi connectivity index (χ4v) is 5.50. The summed E-state index contributed by atoms with van der Waals surface area (Å²) in [5.74, 6) is 0.735. The zero-order valence-corrected chi connectivity index (χ0v) is 18.2. The summed E-state index contributed by atoms with van der Waals surface area (Å²) in [5, 5.41) is 15.2. The van der Waals surface area contributed by atoms with Crippen LogP contribution in [0.2, 0.25) is 0 Å². The number of ether oxygens (including phenoxy) is 1. The molecule has 5 heteroatoms. The molecule has 1 saturated carbocycles. The lowest BCUT2D eigenvalue weighted by Gasteiger charge is -2.58. The second-order valence-electron chi connectivity index (χ2n) is 8.90. The van der Waals surface area contributed by atoms with E-state index in [-0.39, 0.29) is 11.9 Å². The lowest BCUT2D eigenvalue weighted by Crippen LogP contribution is -2.67. The topological polar surface area (TPSA) is 61.8 Å². The number of aliphatic hydroxyl groups is 1. The molecule has 2 aromatic rings. The second-order valence-corrected chi connectivity index (χ2v) is 8.90. The third-order valence-corrected chi connectivity index (χ3v) is 7.11.